The molecule has 0 aliphatic heterocycles. The number of fused-ring (bicyclic) bond motifs is 1. The summed E-state index contributed by atoms with van der Waals surface area (Å²) in [4.78, 5) is 17.6. The highest BCUT2D eigenvalue weighted by atomic mass is 35.5. The molecule has 6 nitrogen and oxygen atoms in total. The van der Waals surface area contributed by atoms with E-state index in [1.165, 1.54) is 4.68 Å². The third kappa shape index (κ3) is 3.07. The normalized spacial score (nSPS) is 11.1. The van der Waals surface area contributed by atoms with Crippen molar-refractivity contribution in [3.8, 4) is 28.7 Å². The number of nitrogens with zero attached hydrogens (tertiary/aromatic N) is 4. The van der Waals surface area contributed by atoms with Gasteiger partial charge in [0.2, 0.25) is 5.82 Å². The van der Waals surface area contributed by atoms with E-state index in [-0.39, 0.29) is 11.4 Å². The molecule has 0 bridgehead atoms. The van der Waals surface area contributed by atoms with Gasteiger partial charge in [0.15, 0.2) is 5.69 Å². The Labute approximate surface area is 176 Å². The van der Waals surface area contributed by atoms with Crippen molar-refractivity contribution in [2.45, 2.75) is 6.92 Å². The number of rotatable bonds is 3. The third-order valence-electron chi connectivity index (χ3n) is 4.83. The molecule has 0 fully saturated rings. The van der Waals surface area contributed by atoms with E-state index in [2.05, 4.69) is 15.2 Å². The van der Waals surface area contributed by atoms with Crippen LogP contribution < -0.4 is 5.56 Å². The first-order valence-corrected chi connectivity index (χ1v) is 9.68. The smallest absolute Gasteiger partial charge is 0.279 e. The van der Waals surface area contributed by atoms with E-state index < -0.39 is 0 Å². The molecule has 30 heavy (non-hydrogen) atoms. The lowest BCUT2D eigenvalue weighted by molar-refractivity contribution is 0.430. The van der Waals surface area contributed by atoms with Crippen LogP contribution in [0.1, 0.15) is 5.56 Å². The average molecular weight is 415 g/mol. The van der Waals surface area contributed by atoms with Gasteiger partial charge in [0, 0.05) is 10.9 Å². The van der Waals surface area contributed by atoms with Crippen molar-refractivity contribution in [3.05, 3.63) is 93.7 Å². The van der Waals surface area contributed by atoms with Crippen LogP contribution in [0.3, 0.4) is 0 Å². The van der Waals surface area contributed by atoms with Gasteiger partial charge in [-0.1, -0.05) is 64.8 Å². The molecule has 0 unspecified atom stereocenters. The second-order valence-corrected chi connectivity index (χ2v) is 7.26. The minimum atomic E-state index is -0.218. The van der Waals surface area contributed by atoms with E-state index in [1.54, 1.807) is 12.1 Å². The molecule has 0 spiro atoms. The van der Waals surface area contributed by atoms with Crippen LogP contribution in [0.25, 0.3) is 39.4 Å². The van der Waals surface area contributed by atoms with Crippen molar-refractivity contribution < 1.29 is 4.52 Å². The minimum absolute atomic E-state index is 0.210. The van der Waals surface area contributed by atoms with Gasteiger partial charge in [0.1, 0.15) is 0 Å². The van der Waals surface area contributed by atoms with Gasteiger partial charge >= 0.3 is 0 Å². The molecule has 3 aromatic carbocycles. The van der Waals surface area contributed by atoms with E-state index >= 15 is 0 Å². The van der Waals surface area contributed by atoms with Crippen LogP contribution in [0.4, 0.5) is 0 Å². The maximum atomic E-state index is 13.1. The van der Waals surface area contributed by atoms with Gasteiger partial charge in [-0.2, -0.15) is 14.8 Å². The Balaban J connectivity index is 1.74. The second kappa shape index (κ2) is 7.24. The van der Waals surface area contributed by atoms with Crippen LogP contribution in [0, 0.1) is 6.92 Å². The van der Waals surface area contributed by atoms with Gasteiger partial charge in [-0.3, -0.25) is 4.79 Å². The van der Waals surface area contributed by atoms with E-state index in [1.807, 2.05) is 67.6 Å². The first-order chi connectivity index (χ1) is 14.6. The molecule has 2 heterocycles. The van der Waals surface area contributed by atoms with Crippen molar-refractivity contribution in [2.24, 2.45) is 0 Å². The molecule has 2 aromatic heterocycles. The van der Waals surface area contributed by atoms with Crippen LogP contribution in [-0.4, -0.2) is 19.9 Å². The van der Waals surface area contributed by atoms with Gasteiger partial charge in [0.25, 0.3) is 11.4 Å². The molecule has 0 saturated carbocycles. The number of halogens is 1. The Kier molecular flexibility index (Phi) is 4.41. The van der Waals surface area contributed by atoms with E-state index in [0.29, 0.717) is 38.6 Å². The largest absolute Gasteiger partial charge is 0.332 e. The van der Waals surface area contributed by atoms with Crippen LogP contribution in [0.5, 0.6) is 0 Å². The van der Waals surface area contributed by atoms with Crippen molar-refractivity contribution in [2.75, 3.05) is 0 Å². The number of aryl methyl sites for hydroxylation is 1. The first kappa shape index (κ1) is 18.3. The fraction of sp³-hybridized carbons (Fsp3) is 0.0435. The molecular weight excluding hydrogens is 400 g/mol. The molecule has 146 valence electrons. The second-order valence-electron chi connectivity index (χ2n) is 6.85. The zero-order chi connectivity index (χ0) is 20.7. The summed E-state index contributed by atoms with van der Waals surface area (Å²) in [6.45, 7) is 1.99. The topological polar surface area (TPSA) is 73.8 Å². The monoisotopic (exact) mass is 414 g/mol. The zero-order valence-corrected chi connectivity index (χ0v) is 16.7. The highest BCUT2D eigenvalue weighted by molar-refractivity contribution is 6.33. The van der Waals surface area contributed by atoms with Crippen LogP contribution >= 0.6 is 11.6 Å². The summed E-state index contributed by atoms with van der Waals surface area (Å²) in [6.07, 6.45) is 0. The lowest BCUT2D eigenvalue weighted by Crippen LogP contribution is -2.22. The number of benzene rings is 3. The lowest BCUT2D eigenvalue weighted by Gasteiger charge is -2.09. The lowest BCUT2D eigenvalue weighted by atomic mass is 10.1. The Morgan fingerprint density at radius 2 is 1.60 bits per heavy atom. The Morgan fingerprint density at radius 3 is 2.37 bits per heavy atom. The maximum Gasteiger partial charge on any atom is 0.279 e. The summed E-state index contributed by atoms with van der Waals surface area (Å²) in [6, 6.07) is 22.1. The Bertz CT molecular complexity index is 1440. The fourth-order valence-corrected chi connectivity index (χ4v) is 3.50. The van der Waals surface area contributed by atoms with Crippen LogP contribution in [0.2, 0.25) is 5.02 Å². The summed E-state index contributed by atoms with van der Waals surface area (Å²) < 4.78 is 6.88. The summed E-state index contributed by atoms with van der Waals surface area (Å²) >= 11 is 6.27. The molecular formula is C23H15ClN4O2. The molecule has 0 radical (unpaired) electrons. The van der Waals surface area contributed by atoms with Crippen LogP contribution in [-0.2, 0) is 0 Å². The summed E-state index contributed by atoms with van der Waals surface area (Å²) in [7, 11) is 0. The molecule has 0 atom stereocenters. The summed E-state index contributed by atoms with van der Waals surface area (Å²) in [5, 5.41) is 10.3. The van der Waals surface area contributed by atoms with Crippen molar-refractivity contribution >= 4 is 22.4 Å². The predicted octanol–water partition coefficient (Wildman–Crippen LogP) is 5.06. The molecule has 0 aliphatic carbocycles. The predicted molar refractivity (Wildman–Crippen MR) is 116 cm³/mol. The number of hydrogen-bond donors (Lipinski definition) is 0. The molecule has 7 heteroatoms. The van der Waals surface area contributed by atoms with E-state index in [4.69, 9.17) is 16.1 Å². The molecule has 0 N–H and O–H groups in total. The molecule has 0 saturated heterocycles. The molecule has 0 amide bonds. The standard InChI is InChI=1S/C23H15ClN4O2/c1-14-10-12-15(13-11-14)28-23(29)17-7-3-2-6-16(17)20(26-28)22-25-21(27-30-22)18-8-4-5-9-19(18)24/h2-13H,1H3. The SMILES string of the molecule is Cc1ccc(-n2nc(-c3nc(-c4ccccc4Cl)no3)c3ccccc3c2=O)cc1. The zero-order valence-electron chi connectivity index (χ0n) is 15.9. The van der Waals surface area contributed by atoms with Gasteiger partial charge in [-0.25, -0.2) is 0 Å². The third-order valence-corrected chi connectivity index (χ3v) is 5.16. The number of aromatic nitrogens is 4. The van der Waals surface area contributed by atoms with Gasteiger partial charge < -0.3 is 4.52 Å². The highest BCUT2D eigenvalue weighted by Crippen LogP contribution is 2.29. The van der Waals surface area contributed by atoms with Crippen LogP contribution in [0.15, 0.2) is 82.1 Å². The van der Waals surface area contributed by atoms with Crippen molar-refractivity contribution in [1.29, 1.82) is 0 Å². The highest BCUT2D eigenvalue weighted by Gasteiger charge is 2.19. The van der Waals surface area contributed by atoms with Crippen molar-refractivity contribution in [3.63, 3.8) is 0 Å². The molecule has 5 aromatic rings. The Morgan fingerprint density at radius 1 is 0.900 bits per heavy atom. The van der Waals surface area contributed by atoms with Gasteiger partial charge in [0.05, 0.1) is 16.1 Å². The summed E-state index contributed by atoms with van der Waals surface area (Å²) in [5.41, 5.74) is 2.61. The maximum absolute atomic E-state index is 13.1. The molecule has 0 aliphatic rings. The fourth-order valence-electron chi connectivity index (χ4n) is 3.28. The van der Waals surface area contributed by atoms with E-state index in [0.717, 1.165) is 5.56 Å². The van der Waals surface area contributed by atoms with Gasteiger partial charge in [-0.05, 0) is 37.3 Å². The van der Waals surface area contributed by atoms with E-state index in [9.17, 15) is 4.79 Å². The van der Waals surface area contributed by atoms with Gasteiger partial charge in [-0.15, -0.1) is 0 Å². The minimum Gasteiger partial charge on any atom is -0.332 e. The average Bonchev–Trinajstić information content (AvgIpc) is 3.25. The molecule has 5 rings (SSSR count). The first-order valence-electron chi connectivity index (χ1n) is 9.30. The quantitative estimate of drug-likeness (QED) is 0.412. The Hall–Kier alpha value is -3.77. The number of hydrogen-bond acceptors (Lipinski definition) is 5. The summed E-state index contributed by atoms with van der Waals surface area (Å²) in [5.74, 6) is 0.566. The van der Waals surface area contributed by atoms with Crippen molar-refractivity contribution in [1.82, 2.24) is 19.9 Å².